The summed E-state index contributed by atoms with van der Waals surface area (Å²) in [7, 11) is 0. The van der Waals surface area contributed by atoms with Crippen LogP contribution in [0.25, 0.3) is 0 Å². The van der Waals surface area contributed by atoms with Crippen molar-refractivity contribution < 1.29 is 14.0 Å². The van der Waals surface area contributed by atoms with Crippen molar-refractivity contribution in [1.82, 2.24) is 10.6 Å². The van der Waals surface area contributed by atoms with Gasteiger partial charge in [-0.15, -0.1) is 0 Å². The maximum Gasteiger partial charge on any atom is 0.315 e. The number of carbonyl (C=O) groups is 2. The Morgan fingerprint density at radius 3 is 2.45 bits per heavy atom. The molecule has 0 fully saturated rings. The van der Waals surface area contributed by atoms with Gasteiger partial charge >= 0.3 is 6.03 Å². The average molecular weight is 281 g/mol. The number of anilines is 1. The molecule has 3 N–H and O–H groups in total. The highest BCUT2D eigenvalue weighted by atomic mass is 19.1. The van der Waals surface area contributed by atoms with Crippen molar-refractivity contribution in [2.75, 3.05) is 11.9 Å². The highest BCUT2D eigenvalue weighted by Crippen LogP contribution is 2.12. The molecule has 0 spiro atoms. The third-order valence-corrected chi connectivity index (χ3v) is 2.54. The lowest BCUT2D eigenvalue weighted by Crippen LogP contribution is -2.47. The maximum atomic E-state index is 13.4. The Balaban J connectivity index is 2.47. The third-order valence-electron chi connectivity index (χ3n) is 2.54. The fourth-order valence-electron chi connectivity index (χ4n) is 1.41. The third kappa shape index (κ3) is 5.26. The Bertz CT molecular complexity index is 477. The van der Waals surface area contributed by atoms with Crippen LogP contribution in [0.15, 0.2) is 24.3 Å². The smallest absolute Gasteiger partial charge is 0.315 e. The van der Waals surface area contributed by atoms with Gasteiger partial charge in [-0.2, -0.15) is 0 Å². The lowest BCUT2D eigenvalue weighted by Gasteiger charge is -2.15. The van der Waals surface area contributed by atoms with Crippen LogP contribution in [-0.2, 0) is 4.79 Å². The molecule has 6 heteroatoms. The number of hydrogen-bond acceptors (Lipinski definition) is 2. The van der Waals surface area contributed by atoms with Gasteiger partial charge in [-0.3, -0.25) is 4.79 Å². The van der Waals surface area contributed by atoms with Crippen LogP contribution < -0.4 is 16.0 Å². The molecule has 0 saturated heterocycles. The first-order valence-electron chi connectivity index (χ1n) is 6.50. The van der Waals surface area contributed by atoms with Crippen molar-refractivity contribution in [1.29, 1.82) is 0 Å². The zero-order chi connectivity index (χ0) is 15.1. The van der Waals surface area contributed by atoms with Crippen molar-refractivity contribution in [2.45, 2.75) is 26.8 Å². The van der Waals surface area contributed by atoms with E-state index in [0.29, 0.717) is 12.5 Å². The summed E-state index contributed by atoms with van der Waals surface area (Å²) in [5, 5.41) is 7.55. The van der Waals surface area contributed by atoms with Gasteiger partial charge in [0, 0.05) is 6.54 Å². The molecule has 5 nitrogen and oxygen atoms in total. The van der Waals surface area contributed by atoms with Crippen LogP contribution in [0, 0.1) is 11.7 Å². The summed E-state index contributed by atoms with van der Waals surface area (Å²) in [5.41, 5.74) is 0.0914. The Morgan fingerprint density at radius 1 is 1.20 bits per heavy atom. The highest BCUT2D eigenvalue weighted by molar-refractivity contribution is 5.96. The van der Waals surface area contributed by atoms with Crippen LogP contribution in [-0.4, -0.2) is 24.5 Å². The van der Waals surface area contributed by atoms with Crippen LogP contribution in [0.5, 0.6) is 0 Å². The summed E-state index contributed by atoms with van der Waals surface area (Å²) in [6.07, 6.45) is 0. The molecule has 0 saturated carbocycles. The molecule has 0 aliphatic carbocycles. The number of amides is 3. The number of rotatable bonds is 5. The van der Waals surface area contributed by atoms with Crippen LogP contribution in [0.3, 0.4) is 0 Å². The largest absolute Gasteiger partial charge is 0.338 e. The molecule has 0 aliphatic heterocycles. The molecule has 0 heterocycles. The molecule has 20 heavy (non-hydrogen) atoms. The molecular formula is C14H20FN3O2. The molecule has 3 amide bonds. The second-order valence-electron chi connectivity index (χ2n) is 4.94. The van der Waals surface area contributed by atoms with Gasteiger partial charge in [0.15, 0.2) is 0 Å². The summed E-state index contributed by atoms with van der Waals surface area (Å²) >= 11 is 0. The van der Waals surface area contributed by atoms with Crippen LogP contribution >= 0.6 is 0 Å². The molecule has 0 bridgehead atoms. The van der Waals surface area contributed by atoms with Gasteiger partial charge in [0.05, 0.1) is 5.69 Å². The highest BCUT2D eigenvalue weighted by Gasteiger charge is 2.16. The average Bonchev–Trinajstić information content (AvgIpc) is 2.39. The maximum absolute atomic E-state index is 13.4. The van der Waals surface area contributed by atoms with Crippen molar-refractivity contribution in [3.63, 3.8) is 0 Å². The monoisotopic (exact) mass is 281 g/mol. The van der Waals surface area contributed by atoms with E-state index >= 15 is 0 Å². The van der Waals surface area contributed by atoms with Crippen LogP contribution in [0.4, 0.5) is 14.9 Å². The van der Waals surface area contributed by atoms with Crippen molar-refractivity contribution >= 4 is 17.6 Å². The van der Waals surface area contributed by atoms with E-state index in [4.69, 9.17) is 0 Å². The van der Waals surface area contributed by atoms with Gasteiger partial charge < -0.3 is 16.0 Å². The topological polar surface area (TPSA) is 70.2 Å². The van der Waals surface area contributed by atoms with E-state index in [2.05, 4.69) is 16.0 Å². The SMILES string of the molecule is CC(C)CNC(=O)NC(C)C(=O)Nc1ccccc1F. The first-order chi connectivity index (χ1) is 9.40. The molecule has 0 aliphatic rings. The molecule has 1 atom stereocenters. The predicted octanol–water partition coefficient (Wildman–Crippen LogP) is 2.11. The lowest BCUT2D eigenvalue weighted by molar-refractivity contribution is -0.117. The van der Waals surface area contributed by atoms with Gasteiger partial charge in [-0.1, -0.05) is 26.0 Å². The van der Waals surface area contributed by atoms with Crippen molar-refractivity contribution in [3.8, 4) is 0 Å². The van der Waals surface area contributed by atoms with Gasteiger partial charge in [0.2, 0.25) is 5.91 Å². The lowest BCUT2D eigenvalue weighted by atomic mass is 10.2. The van der Waals surface area contributed by atoms with Crippen LogP contribution in [0.1, 0.15) is 20.8 Å². The number of para-hydroxylation sites is 1. The standard InChI is InChI=1S/C14H20FN3O2/c1-9(2)8-16-14(20)17-10(3)13(19)18-12-7-5-4-6-11(12)15/h4-7,9-10H,8H2,1-3H3,(H,18,19)(H2,16,17,20). The minimum absolute atomic E-state index is 0.0914. The quantitative estimate of drug-likeness (QED) is 0.773. The summed E-state index contributed by atoms with van der Waals surface area (Å²) in [4.78, 5) is 23.3. The zero-order valence-corrected chi connectivity index (χ0v) is 11.9. The van der Waals surface area contributed by atoms with E-state index < -0.39 is 23.8 Å². The fraction of sp³-hybridized carbons (Fsp3) is 0.429. The zero-order valence-electron chi connectivity index (χ0n) is 11.9. The first kappa shape index (κ1) is 15.9. The summed E-state index contributed by atoms with van der Waals surface area (Å²) in [5.74, 6) is -0.671. The van der Waals surface area contributed by atoms with E-state index in [0.717, 1.165) is 0 Å². The minimum Gasteiger partial charge on any atom is -0.338 e. The summed E-state index contributed by atoms with van der Waals surface area (Å²) < 4.78 is 13.4. The van der Waals surface area contributed by atoms with Crippen molar-refractivity contribution in [3.05, 3.63) is 30.1 Å². The molecule has 1 unspecified atom stereocenters. The fourth-order valence-corrected chi connectivity index (χ4v) is 1.41. The second-order valence-corrected chi connectivity index (χ2v) is 4.94. The molecular weight excluding hydrogens is 261 g/mol. The normalized spacial score (nSPS) is 11.8. The number of hydrogen-bond donors (Lipinski definition) is 3. The molecule has 1 rings (SSSR count). The van der Waals surface area contributed by atoms with Crippen LogP contribution in [0.2, 0.25) is 0 Å². The van der Waals surface area contributed by atoms with Gasteiger partial charge in [0.25, 0.3) is 0 Å². The van der Waals surface area contributed by atoms with E-state index in [1.165, 1.54) is 25.1 Å². The summed E-state index contributed by atoms with van der Waals surface area (Å²) in [6.45, 7) is 5.99. The number of carbonyl (C=O) groups excluding carboxylic acids is 2. The first-order valence-corrected chi connectivity index (χ1v) is 6.50. The Hall–Kier alpha value is -2.11. The minimum atomic E-state index is -0.762. The predicted molar refractivity (Wildman–Crippen MR) is 75.9 cm³/mol. The number of urea groups is 1. The van der Waals surface area contributed by atoms with Gasteiger partial charge in [0.1, 0.15) is 11.9 Å². The summed E-state index contributed by atoms with van der Waals surface area (Å²) in [6, 6.07) is 4.68. The Kier molecular flexibility index (Phi) is 5.96. The van der Waals surface area contributed by atoms with Gasteiger partial charge in [-0.05, 0) is 25.0 Å². The number of benzene rings is 1. The van der Waals surface area contributed by atoms with E-state index in [1.54, 1.807) is 6.07 Å². The second kappa shape index (κ2) is 7.47. The van der Waals surface area contributed by atoms with Gasteiger partial charge in [-0.25, -0.2) is 9.18 Å². The molecule has 1 aromatic carbocycles. The number of halogens is 1. The molecule has 110 valence electrons. The van der Waals surface area contributed by atoms with Crippen molar-refractivity contribution in [2.24, 2.45) is 5.92 Å². The Morgan fingerprint density at radius 2 is 1.85 bits per heavy atom. The molecule has 0 aromatic heterocycles. The van der Waals surface area contributed by atoms with E-state index in [1.807, 2.05) is 13.8 Å². The molecule has 1 aromatic rings. The van der Waals surface area contributed by atoms with E-state index in [9.17, 15) is 14.0 Å². The number of nitrogens with one attached hydrogen (secondary N) is 3. The Labute approximate surface area is 117 Å². The van der Waals surface area contributed by atoms with E-state index in [-0.39, 0.29) is 5.69 Å². The molecule has 0 radical (unpaired) electrons.